The van der Waals surface area contributed by atoms with E-state index < -0.39 is 29.1 Å². The van der Waals surface area contributed by atoms with Crippen LogP contribution in [-0.2, 0) is 0 Å². The Labute approximate surface area is 111 Å². The first kappa shape index (κ1) is 13.6. The van der Waals surface area contributed by atoms with Crippen molar-refractivity contribution in [3.63, 3.8) is 0 Å². The average molecular weight is 278 g/mol. The molecule has 0 saturated carbocycles. The summed E-state index contributed by atoms with van der Waals surface area (Å²) in [5.41, 5.74) is -1.25. The lowest BCUT2D eigenvalue weighted by Gasteiger charge is -2.09. The molecule has 0 bridgehead atoms. The summed E-state index contributed by atoms with van der Waals surface area (Å²) in [7, 11) is 0. The Morgan fingerprint density at radius 1 is 1.15 bits per heavy atom. The van der Waals surface area contributed by atoms with Gasteiger partial charge in [-0.3, -0.25) is 9.78 Å². The van der Waals surface area contributed by atoms with Crippen LogP contribution in [0.3, 0.4) is 0 Å². The first-order valence-corrected chi connectivity index (χ1v) is 5.43. The zero-order valence-corrected chi connectivity index (χ0v) is 9.93. The number of amides is 1. The SMILES string of the molecule is O=C(Nc1cccc(F)c1C(=O)O)c1ccncc1F. The summed E-state index contributed by atoms with van der Waals surface area (Å²) in [5, 5.41) is 11.1. The molecule has 0 fully saturated rings. The van der Waals surface area contributed by atoms with Crippen LogP contribution in [0, 0.1) is 11.6 Å². The quantitative estimate of drug-likeness (QED) is 0.903. The van der Waals surface area contributed by atoms with Gasteiger partial charge in [0.15, 0.2) is 5.82 Å². The maximum Gasteiger partial charge on any atom is 0.340 e. The number of nitrogens with one attached hydrogen (secondary N) is 1. The van der Waals surface area contributed by atoms with Crippen LogP contribution in [0.25, 0.3) is 0 Å². The van der Waals surface area contributed by atoms with Crippen molar-refractivity contribution < 1.29 is 23.5 Å². The van der Waals surface area contributed by atoms with Crippen LogP contribution in [0.5, 0.6) is 0 Å². The maximum absolute atomic E-state index is 13.4. The van der Waals surface area contributed by atoms with Crippen molar-refractivity contribution in [2.45, 2.75) is 0 Å². The van der Waals surface area contributed by atoms with Crippen molar-refractivity contribution >= 4 is 17.6 Å². The molecule has 1 heterocycles. The van der Waals surface area contributed by atoms with E-state index in [9.17, 15) is 18.4 Å². The topological polar surface area (TPSA) is 79.3 Å². The summed E-state index contributed by atoms with van der Waals surface area (Å²) in [4.78, 5) is 26.3. The van der Waals surface area contributed by atoms with Crippen LogP contribution < -0.4 is 5.32 Å². The van der Waals surface area contributed by atoms with E-state index in [0.717, 1.165) is 18.3 Å². The second-order valence-electron chi connectivity index (χ2n) is 3.78. The highest BCUT2D eigenvalue weighted by Crippen LogP contribution is 2.20. The fourth-order valence-electron chi connectivity index (χ4n) is 1.59. The van der Waals surface area contributed by atoms with E-state index in [4.69, 9.17) is 5.11 Å². The Bertz CT molecular complexity index is 689. The molecule has 1 aromatic heterocycles. The molecule has 1 aromatic carbocycles. The molecule has 2 rings (SSSR count). The van der Waals surface area contributed by atoms with Crippen LogP contribution in [0.15, 0.2) is 36.7 Å². The van der Waals surface area contributed by atoms with Gasteiger partial charge in [0, 0.05) is 6.20 Å². The van der Waals surface area contributed by atoms with Crippen LogP contribution in [0.1, 0.15) is 20.7 Å². The van der Waals surface area contributed by atoms with Gasteiger partial charge in [0.25, 0.3) is 5.91 Å². The predicted molar refractivity (Wildman–Crippen MR) is 65.5 cm³/mol. The van der Waals surface area contributed by atoms with Crippen LogP contribution in [-0.4, -0.2) is 22.0 Å². The highest BCUT2D eigenvalue weighted by Gasteiger charge is 2.19. The number of carbonyl (C=O) groups excluding carboxylic acids is 1. The van der Waals surface area contributed by atoms with E-state index in [-0.39, 0.29) is 11.3 Å². The Morgan fingerprint density at radius 2 is 1.90 bits per heavy atom. The number of aromatic carboxylic acids is 1. The van der Waals surface area contributed by atoms with Gasteiger partial charge in [0.2, 0.25) is 0 Å². The van der Waals surface area contributed by atoms with E-state index in [1.165, 1.54) is 18.3 Å². The number of carbonyl (C=O) groups is 2. The number of benzene rings is 1. The van der Waals surface area contributed by atoms with Gasteiger partial charge < -0.3 is 10.4 Å². The van der Waals surface area contributed by atoms with E-state index >= 15 is 0 Å². The number of carboxylic acids is 1. The second kappa shape index (κ2) is 5.43. The average Bonchev–Trinajstić information content (AvgIpc) is 2.38. The Hall–Kier alpha value is -2.83. The minimum absolute atomic E-state index is 0.251. The van der Waals surface area contributed by atoms with Crippen molar-refractivity contribution in [3.8, 4) is 0 Å². The zero-order chi connectivity index (χ0) is 14.7. The molecule has 0 spiro atoms. The fourth-order valence-corrected chi connectivity index (χ4v) is 1.59. The van der Waals surface area contributed by atoms with E-state index in [0.29, 0.717) is 0 Å². The van der Waals surface area contributed by atoms with Crippen molar-refractivity contribution in [1.82, 2.24) is 4.98 Å². The predicted octanol–water partition coefficient (Wildman–Crippen LogP) is 2.31. The van der Waals surface area contributed by atoms with Gasteiger partial charge in [-0.05, 0) is 18.2 Å². The molecule has 0 aliphatic rings. The van der Waals surface area contributed by atoms with Gasteiger partial charge in [-0.2, -0.15) is 0 Å². The van der Waals surface area contributed by atoms with Crippen LogP contribution in [0.2, 0.25) is 0 Å². The summed E-state index contributed by atoms with van der Waals surface area (Å²) in [6.07, 6.45) is 2.06. The number of anilines is 1. The van der Waals surface area contributed by atoms with Crippen molar-refractivity contribution in [2.75, 3.05) is 5.32 Å². The number of rotatable bonds is 3. The Kier molecular flexibility index (Phi) is 3.69. The normalized spacial score (nSPS) is 10.1. The molecule has 20 heavy (non-hydrogen) atoms. The lowest BCUT2D eigenvalue weighted by atomic mass is 10.1. The van der Waals surface area contributed by atoms with Gasteiger partial charge in [-0.15, -0.1) is 0 Å². The number of nitrogens with zero attached hydrogens (tertiary/aromatic N) is 1. The molecule has 0 saturated heterocycles. The number of halogens is 2. The summed E-state index contributed by atoms with van der Waals surface area (Å²) in [6.45, 7) is 0. The van der Waals surface area contributed by atoms with Crippen LogP contribution in [0.4, 0.5) is 14.5 Å². The molecule has 5 nitrogen and oxygen atoms in total. The molecule has 1 amide bonds. The number of aromatic nitrogens is 1. The molecular formula is C13H8F2N2O3. The molecular weight excluding hydrogens is 270 g/mol. The van der Waals surface area contributed by atoms with E-state index in [1.807, 2.05) is 0 Å². The van der Waals surface area contributed by atoms with Gasteiger partial charge >= 0.3 is 5.97 Å². The van der Waals surface area contributed by atoms with E-state index in [2.05, 4.69) is 10.3 Å². The van der Waals surface area contributed by atoms with Crippen molar-refractivity contribution in [1.29, 1.82) is 0 Å². The minimum Gasteiger partial charge on any atom is -0.478 e. The highest BCUT2D eigenvalue weighted by atomic mass is 19.1. The fraction of sp³-hybridized carbons (Fsp3) is 0. The number of hydrogen-bond donors (Lipinski definition) is 2. The third kappa shape index (κ3) is 2.61. The highest BCUT2D eigenvalue weighted by molar-refractivity contribution is 6.07. The summed E-state index contributed by atoms with van der Waals surface area (Å²) >= 11 is 0. The molecule has 7 heteroatoms. The van der Waals surface area contributed by atoms with E-state index in [1.54, 1.807) is 0 Å². The monoisotopic (exact) mass is 278 g/mol. The zero-order valence-electron chi connectivity index (χ0n) is 9.93. The molecule has 2 aromatic rings. The third-order valence-electron chi connectivity index (χ3n) is 2.49. The number of hydrogen-bond acceptors (Lipinski definition) is 3. The van der Waals surface area contributed by atoms with Gasteiger partial charge in [0.1, 0.15) is 11.4 Å². The summed E-state index contributed by atoms with van der Waals surface area (Å²) in [6, 6.07) is 4.53. The lowest BCUT2D eigenvalue weighted by Crippen LogP contribution is -2.17. The molecule has 0 radical (unpaired) electrons. The Morgan fingerprint density at radius 3 is 2.55 bits per heavy atom. The van der Waals surface area contributed by atoms with Crippen LogP contribution >= 0.6 is 0 Å². The van der Waals surface area contributed by atoms with Crippen molar-refractivity contribution in [3.05, 3.63) is 59.4 Å². The molecule has 0 atom stereocenters. The molecule has 102 valence electrons. The largest absolute Gasteiger partial charge is 0.478 e. The van der Waals surface area contributed by atoms with Gasteiger partial charge in [0.05, 0.1) is 17.4 Å². The second-order valence-corrected chi connectivity index (χ2v) is 3.78. The first-order chi connectivity index (χ1) is 9.50. The molecule has 0 aliphatic carbocycles. The minimum atomic E-state index is -1.53. The standard InChI is InChI=1S/C13H8F2N2O3/c14-8-2-1-3-10(11(8)13(19)20)17-12(18)7-4-5-16-6-9(7)15/h1-6H,(H,17,18)(H,19,20). The van der Waals surface area contributed by atoms with Gasteiger partial charge in [-0.1, -0.05) is 6.07 Å². The summed E-state index contributed by atoms with van der Waals surface area (Å²) < 4.78 is 26.8. The smallest absolute Gasteiger partial charge is 0.340 e. The molecule has 2 N–H and O–H groups in total. The molecule has 0 aliphatic heterocycles. The third-order valence-corrected chi connectivity index (χ3v) is 2.49. The lowest BCUT2D eigenvalue weighted by molar-refractivity contribution is 0.0693. The summed E-state index contributed by atoms with van der Waals surface area (Å²) in [5.74, 6) is -4.28. The van der Waals surface area contributed by atoms with Crippen molar-refractivity contribution in [2.24, 2.45) is 0 Å². The number of pyridine rings is 1. The van der Waals surface area contributed by atoms with Gasteiger partial charge in [-0.25, -0.2) is 13.6 Å². The first-order valence-electron chi connectivity index (χ1n) is 5.43. The number of carboxylic acid groups (broad SMARTS) is 1. The Balaban J connectivity index is 2.36. The molecule has 0 unspecified atom stereocenters. The maximum atomic E-state index is 13.4.